The Hall–Kier alpha value is -2.74. The Morgan fingerprint density at radius 3 is 2.50 bits per heavy atom. The van der Waals surface area contributed by atoms with Crippen LogP contribution in [0.25, 0.3) is 17.0 Å². The molecule has 0 radical (unpaired) electrons. The van der Waals surface area contributed by atoms with E-state index in [2.05, 4.69) is 4.98 Å². The van der Waals surface area contributed by atoms with Gasteiger partial charge in [-0.1, -0.05) is 41.9 Å². The van der Waals surface area contributed by atoms with Gasteiger partial charge in [-0.25, -0.2) is 8.42 Å². The van der Waals surface area contributed by atoms with Crippen LogP contribution in [0.3, 0.4) is 0 Å². The number of sulfonamides is 1. The van der Waals surface area contributed by atoms with Gasteiger partial charge in [0.2, 0.25) is 15.9 Å². The van der Waals surface area contributed by atoms with Gasteiger partial charge in [0.25, 0.3) is 0 Å². The van der Waals surface area contributed by atoms with Gasteiger partial charge in [-0.2, -0.15) is 4.31 Å². The molecule has 1 saturated heterocycles. The van der Waals surface area contributed by atoms with E-state index < -0.39 is 10.0 Å². The summed E-state index contributed by atoms with van der Waals surface area (Å²) in [6.07, 6.45) is 5.00. The summed E-state index contributed by atoms with van der Waals surface area (Å²) in [5.74, 6) is -0.150. The van der Waals surface area contributed by atoms with Gasteiger partial charge >= 0.3 is 0 Å². The molecule has 2 aromatic carbocycles. The van der Waals surface area contributed by atoms with Gasteiger partial charge in [0.1, 0.15) is 0 Å². The molecule has 0 N–H and O–H groups in total. The van der Waals surface area contributed by atoms with Crippen LogP contribution in [0, 0.1) is 0 Å². The molecule has 6 nitrogen and oxygen atoms in total. The molecule has 0 atom stereocenters. The van der Waals surface area contributed by atoms with Crippen LogP contribution in [0.2, 0.25) is 5.02 Å². The third-order valence-electron chi connectivity index (χ3n) is 5.05. The lowest BCUT2D eigenvalue weighted by molar-refractivity contribution is -0.127. The Labute approximate surface area is 180 Å². The van der Waals surface area contributed by atoms with Gasteiger partial charge < -0.3 is 4.90 Å². The molecule has 1 fully saturated rings. The Morgan fingerprint density at radius 1 is 1.00 bits per heavy atom. The molecule has 1 aliphatic rings. The zero-order valence-electron chi connectivity index (χ0n) is 16.1. The molecule has 30 heavy (non-hydrogen) atoms. The van der Waals surface area contributed by atoms with E-state index >= 15 is 0 Å². The number of hydrogen-bond acceptors (Lipinski definition) is 4. The molecule has 2 heterocycles. The van der Waals surface area contributed by atoms with Gasteiger partial charge in [0.05, 0.1) is 10.4 Å². The lowest BCUT2D eigenvalue weighted by Crippen LogP contribution is -2.50. The minimum atomic E-state index is -3.63. The standard InChI is InChI=1S/C22H20ClN3O3S/c23-19-7-2-8-20(16-19)30(28,29)26-14-12-25(13-15-26)21(27)10-9-18-5-1-4-17-6-3-11-24-22(17)18/h1-11,16H,12-15H2. The number of carbonyl (C=O) groups excluding carboxylic acids is 1. The van der Waals surface area contributed by atoms with E-state index in [-0.39, 0.29) is 23.9 Å². The number of pyridine rings is 1. The van der Waals surface area contributed by atoms with Crippen molar-refractivity contribution in [3.63, 3.8) is 0 Å². The van der Waals surface area contributed by atoms with E-state index in [1.807, 2.05) is 30.3 Å². The first-order valence-corrected chi connectivity index (χ1v) is 11.3. The number of para-hydroxylation sites is 1. The van der Waals surface area contributed by atoms with E-state index in [0.29, 0.717) is 18.1 Å². The zero-order valence-corrected chi connectivity index (χ0v) is 17.7. The van der Waals surface area contributed by atoms with Crippen molar-refractivity contribution < 1.29 is 13.2 Å². The monoisotopic (exact) mass is 441 g/mol. The number of halogens is 1. The number of aromatic nitrogens is 1. The van der Waals surface area contributed by atoms with Crippen LogP contribution < -0.4 is 0 Å². The van der Waals surface area contributed by atoms with Crippen molar-refractivity contribution in [1.29, 1.82) is 0 Å². The lowest BCUT2D eigenvalue weighted by atomic mass is 10.1. The number of benzene rings is 2. The molecule has 154 valence electrons. The first kappa shape index (κ1) is 20.5. The fourth-order valence-electron chi connectivity index (χ4n) is 3.45. The van der Waals surface area contributed by atoms with E-state index in [1.165, 1.54) is 22.5 Å². The molecule has 0 saturated carbocycles. The number of nitrogens with zero attached hydrogens (tertiary/aromatic N) is 3. The van der Waals surface area contributed by atoms with Crippen LogP contribution in [-0.2, 0) is 14.8 Å². The molecule has 0 spiro atoms. The van der Waals surface area contributed by atoms with Crippen LogP contribution in [0.1, 0.15) is 5.56 Å². The summed E-state index contributed by atoms with van der Waals surface area (Å²) in [5.41, 5.74) is 1.70. The van der Waals surface area contributed by atoms with E-state index in [4.69, 9.17) is 11.6 Å². The lowest BCUT2D eigenvalue weighted by Gasteiger charge is -2.33. The third-order valence-corrected chi connectivity index (χ3v) is 7.18. The number of carbonyl (C=O) groups is 1. The molecule has 1 aromatic heterocycles. The van der Waals surface area contributed by atoms with E-state index in [1.54, 1.807) is 29.3 Å². The number of hydrogen-bond donors (Lipinski definition) is 0. The molecule has 0 unspecified atom stereocenters. The maximum absolute atomic E-state index is 12.8. The quantitative estimate of drug-likeness (QED) is 0.581. The second-order valence-corrected chi connectivity index (χ2v) is 9.32. The van der Waals surface area contributed by atoms with Gasteiger partial charge in [-0.15, -0.1) is 0 Å². The van der Waals surface area contributed by atoms with Crippen molar-refractivity contribution in [2.75, 3.05) is 26.2 Å². The van der Waals surface area contributed by atoms with Crippen molar-refractivity contribution in [2.45, 2.75) is 4.90 Å². The SMILES string of the molecule is O=C(C=Cc1cccc2cccnc12)N1CCN(S(=O)(=O)c2cccc(Cl)c2)CC1. The highest BCUT2D eigenvalue weighted by atomic mass is 35.5. The second kappa shape index (κ2) is 8.55. The Morgan fingerprint density at radius 2 is 1.73 bits per heavy atom. The topological polar surface area (TPSA) is 70.6 Å². The van der Waals surface area contributed by atoms with Crippen LogP contribution in [0.4, 0.5) is 0 Å². The van der Waals surface area contributed by atoms with Gasteiger partial charge in [0.15, 0.2) is 0 Å². The summed E-state index contributed by atoms with van der Waals surface area (Å²) in [4.78, 5) is 18.8. The van der Waals surface area contributed by atoms with Gasteiger partial charge in [-0.3, -0.25) is 9.78 Å². The maximum atomic E-state index is 12.8. The number of fused-ring (bicyclic) bond motifs is 1. The van der Waals surface area contributed by atoms with Crippen molar-refractivity contribution in [1.82, 2.24) is 14.2 Å². The average molecular weight is 442 g/mol. The van der Waals surface area contributed by atoms with Gasteiger partial charge in [0, 0.05) is 54.4 Å². The summed E-state index contributed by atoms with van der Waals surface area (Å²) in [5, 5.41) is 1.38. The van der Waals surface area contributed by atoms with E-state index in [9.17, 15) is 13.2 Å². The van der Waals surface area contributed by atoms with Crippen molar-refractivity contribution in [3.05, 3.63) is 77.5 Å². The fourth-order valence-corrected chi connectivity index (χ4v) is 5.18. The number of rotatable bonds is 4. The second-order valence-electron chi connectivity index (χ2n) is 6.94. The number of piperazine rings is 1. The van der Waals surface area contributed by atoms with Crippen LogP contribution in [-0.4, -0.2) is 54.7 Å². The molecule has 0 aliphatic carbocycles. The summed E-state index contributed by atoms with van der Waals surface area (Å²) >= 11 is 5.93. The summed E-state index contributed by atoms with van der Waals surface area (Å²) < 4.78 is 27.0. The molecular formula is C22H20ClN3O3S. The Bertz CT molecular complexity index is 1210. The summed E-state index contributed by atoms with van der Waals surface area (Å²) in [6, 6.07) is 15.9. The average Bonchev–Trinajstić information content (AvgIpc) is 2.77. The largest absolute Gasteiger partial charge is 0.337 e. The highest BCUT2D eigenvalue weighted by Crippen LogP contribution is 2.21. The smallest absolute Gasteiger partial charge is 0.246 e. The Balaban J connectivity index is 1.43. The molecule has 1 aliphatic heterocycles. The first-order chi connectivity index (χ1) is 14.4. The van der Waals surface area contributed by atoms with Crippen molar-refractivity contribution in [2.24, 2.45) is 0 Å². The molecule has 3 aromatic rings. The van der Waals surface area contributed by atoms with E-state index in [0.717, 1.165) is 16.5 Å². The third kappa shape index (κ3) is 4.23. The fraction of sp³-hybridized carbons (Fsp3) is 0.182. The zero-order chi connectivity index (χ0) is 21.1. The predicted octanol–water partition coefficient (Wildman–Crippen LogP) is 3.43. The van der Waals surface area contributed by atoms with Gasteiger partial charge in [-0.05, 0) is 30.3 Å². The molecule has 8 heteroatoms. The molecule has 4 rings (SSSR count). The molecule has 0 bridgehead atoms. The molecule has 1 amide bonds. The summed E-state index contributed by atoms with van der Waals surface area (Å²) in [6.45, 7) is 1.14. The highest BCUT2D eigenvalue weighted by Gasteiger charge is 2.29. The minimum absolute atomic E-state index is 0.150. The maximum Gasteiger partial charge on any atom is 0.246 e. The van der Waals surface area contributed by atoms with Crippen molar-refractivity contribution >= 4 is 44.5 Å². The minimum Gasteiger partial charge on any atom is -0.337 e. The van der Waals surface area contributed by atoms with Crippen LogP contribution >= 0.6 is 11.6 Å². The predicted molar refractivity (Wildman–Crippen MR) is 118 cm³/mol. The Kier molecular flexibility index (Phi) is 5.85. The molecular weight excluding hydrogens is 422 g/mol. The van der Waals surface area contributed by atoms with Crippen LogP contribution in [0.15, 0.2) is 71.8 Å². The highest BCUT2D eigenvalue weighted by molar-refractivity contribution is 7.89. The first-order valence-electron chi connectivity index (χ1n) is 9.51. The van der Waals surface area contributed by atoms with Crippen molar-refractivity contribution in [3.8, 4) is 0 Å². The summed E-state index contributed by atoms with van der Waals surface area (Å²) in [7, 11) is -3.63. The normalized spacial score (nSPS) is 15.7. The number of amides is 1. The van der Waals surface area contributed by atoms with Crippen LogP contribution in [0.5, 0.6) is 0 Å².